The third-order valence-corrected chi connectivity index (χ3v) is 7.77. The Bertz CT molecular complexity index is 1800. The number of ether oxygens (including phenoxy) is 2. The van der Waals surface area contributed by atoms with Crippen LogP contribution >= 0.6 is 11.6 Å². The van der Waals surface area contributed by atoms with Gasteiger partial charge in [0.25, 0.3) is 5.91 Å². The summed E-state index contributed by atoms with van der Waals surface area (Å²) in [5.74, 6) is -4.05. The topological polar surface area (TPSA) is 142 Å². The highest BCUT2D eigenvalue weighted by Gasteiger charge is 2.47. The van der Waals surface area contributed by atoms with Crippen molar-refractivity contribution in [2.24, 2.45) is 11.7 Å². The maximum atomic E-state index is 14.4. The first-order chi connectivity index (χ1) is 21.4. The van der Waals surface area contributed by atoms with E-state index in [0.717, 1.165) is 18.3 Å². The zero-order valence-electron chi connectivity index (χ0n) is 24.0. The molecule has 1 aliphatic rings. The van der Waals surface area contributed by atoms with Crippen LogP contribution < -0.4 is 20.5 Å². The van der Waals surface area contributed by atoms with E-state index < -0.39 is 35.6 Å². The molecule has 0 aliphatic heterocycles. The number of hydrogen-bond donors (Lipinski definition) is 3. The number of amides is 2. The lowest BCUT2D eigenvalue weighted by atomic mass is 9.90. The summed E-state index contributed by atoms with van der Waals surface area (Å²) in [5.41, 5.74) is 3.97. The zero-order valence-corrected chi connectivity index (χ0v) is 24.8. The number of primary amides is 1. The number of pyridine rings is 1. The minimum absolute atomic E-state index is 0.00652. The number of aliphatic hydroxyl groups is 1. The molecule has 1 atom stereocenters. The normalized spacial score (nSPS) is 14.4. The van der Waals surface area contributed by atoms with Crippen LogP contribution in [0.5, 0.6) is 11.5 Å². The molecule has 45 heavy (non-hydrogen) atoms. The van der Waals surface area contributed by atoms with E-state index in [-0.39, 0.29) is 81.0 Å². The molecule has 10 nitrogen and oxygen atoms in total. The molecule has 0 radical (unpaired) electrons. The maximum absolute atomic E-state index is 14.4. The standard InChI is InChI=1S/C30H28ClF4N5O5/c1-3-45-27-14(9-24(36)41)8-23(38-26(27)18-10-20(32)21(33)11-19(18)31)30(43,17-4-5-17)13-37-28(42)15-6-16-12-40(29(34)35)39-25(16)22(7-15)44-2/h6-8,10-12,17,29,43H,3-5,9,13H2,1-2H3,(H2,36,41)(H,37,42)/t30-/m1/s1. The molecule has 238 valence electrons. The fourth-order valence-corrected chi connectivity index (χ4v) is 5.39. The van der Waals surface area contributed by atoms with Gasteiger partial charge in [-0.3, -0.25) is 9.59 Å². The Hall–Kier alpha value is -4.43. The maximum Gasteiger partial charge on any atom is 0.333 e. The van der Waals surface area contributed by atoms with Gasteiger partial charge in [-0.15, -0.1) is 0 Å². The molecule has 0 saturated heterocycles. The number of carbonyl (C=O) groups excluding carboxylic acids is 2. The van der Waals surface area contributed by atoms with E-state index in [0.29, 0.717) is 17.5 Å². The first-order valence-electron chi connectivity index (χ1n) is 13.8. The van der Waals surface area contributed by atoms with E-state index in [4.69, 9.17) is 26.8 Å². The highest BCUT2D eigenvalue weighted by molar-refractivity contribution is 6.33. The molecular formula is C30H28ClF4N5O5. The Balaban J connectivity index is 1.56. The van der Waals surface area contributed by atoms with Crippen LogP contribution in [0, 0.1) is 17.6 Å². The number of methoxy groups -OCH3 is 1. The number of nitrogens with two attached hydrogens (primary N) is 1. The number of aromatic nitrogens is 3. The monoisotopic (exact) mass is 649 g/mol. The Kier molecular flexibility index (Phi) is 8.90. The highest BCUT2D eigenvalue weighted by Crippen LogP contribution is 2.47. The van der Waals surface area contributed by atoms with Crippen molar-refractivity contribution in [3.63, 3.8) is 0 Å². The summed E-state index contributed by atoms with van der Waals surface area (Å²) in [4.78, 5) is 29.9. The summed E-state index contributed by atoms with van der Waals surface area (Å²) in [6.45, 7) is -1.50. The summed E-state index contributed by atoms with van der Waals surface area (Å²) in [7, 11) is 1.31. The van der Waals surface area contributed by atoms with Gasteiger partial charge in [0.05, 0.1) is 37.4 Å². The molecule has 4 aromatic rings. The van der Waals surface area contributed by atoms with Crippen LogP contribution in [0.2, 0.25) is 5.02 Å². The van der Waals surface area contributed by atoms with E-state index in [9.17, 15) is 32.3 Å². The van der Waals surface area contributed by atoms with Gasteiger partial charge in [0.2, 0.25) is 5.91 Å². The summed E-state index contributed by atoms with van der Waals surface area (Å²) >= 11 is 6.29. The number of nitrogens with one attached hydrogen (secondary N) is 1. The van der Waals surface area contributed by atoms with Gasteiger partial charge < -0.3 is 25.6 Å². The van der Waals surface area contributed by atoms with Gasteiger partial charge in [0, 0.05) is 28.3 Å². The van der Waals surface area contributed by atoms with E-state index in [1.807, 2.05) is 0 Å². The molecule has 2 aromatic heterocycles. The van der Waals surface area contributed by atoms with Gasteiger partial charge in [0.1, 0.15) is 28.3 Å². The summed E-state index contributed by atoms with van der Waals surface area (Å²) in [5, 5.41) is 18.6. The van der Waals surface area contributed by atoms with Crippen molar-refractivity contribution < 1.29 is 41.7 Å². The molecule has 1 fully saturated rings. The largest absolute Gasteiger partial charge is 0.494 e. The van der Waals surface area contributed by atoms with Gasteiger partial charge in [-0.05, 0) is 56.0 Å². The molecule has 5 rings (SSSR count). The SMILES string of the molecule is CCOc1c(CC(N)=O)cc([C@@](O)(CNC(=O)c2cc(OC)c3nn(C(F)F)cc3c2)C2CC2)nc1-c1cc(F)c(F)cc1Cl. The second-order valence-electron chi connectivity index (χ2n) is 10.6. The molecule has 0 bridgehead atoms. The number of benzene rings is 2. The number of rotatable bonds is 12. The zero-order chi connectivity index (χ0) is 32.6. The van der Waals surface area contributed by atoms with Crippen LogP contribution in [0.3, 0.4) is 0 Å². The van der Waals surface area contributed by atoms with Crippen LogP contribution in [0.25, 0.3) is 22.2 Å². The molecule has 4 N–H and O–H groups in total. The highest BCUT2D eigenvalue weighted by atomic mass is 35.5. The first-order valence-corrected chi connectivity index (χ1v) is 14.2. The van der Waals surface area contributed by atoms with Gasteiger partial charge in [-0.1, -0.05) is 11.6 Å². The second kappa shape index (κ2) is 12.5. The van der Waals surface area contributed by atoms with Crippen LogP contribution in [0.4, 0.5) is 17.6 Å². The Labute approximate surface area is 259 Å². The predicted molar refractivity (Wildman–Crippen MR) is 155 cm³/mol. The van der Waals surface area contributed by atoms with E-state index in [2.05, 4.69) is 15.4 Å². The summed E-state index contributed by atoms with van der Waals surface area (Å²) in [6.07, 6.45) is 1.87. The van der Waals surface area contributed by atoms with Crippen LogP contribution in [0.1, 0.15) is 47.9 Å². The average molecular weight is 650 g/mol. The molecule has 0 unspecified atom stereocenters. The molecule has 15 heteroatoms. The van der Waals surface area contributed by atoms with Crippen molar-refractivity contribution in [1.29, 1.82) is 0 Å². The van der Waals surface area contributed by atoms with E-state index in [1.165, 1.54) is 25.3 Å². The number of carbonyl (C=O) groups is 2. The van der Waals surface area contributed by atoms with E-state index in [1.54, 1.807) is 6.92 Å². The van der Waals surface area contributed by atoms with Gasteiger partial charge in [-0.2, -0.15) is 13.9 Å². The lowest BCUT2D eigenvalue weighted by Crippen LogP contribution is -2.43. The predicted octanol–water partition coefficient (Wildman–Crippen LogP) is 4.89. The summed E-state index contributed by atoms with van der Waals surface area (Å²) in [6, 6.07) is 5.72. The van der Waals surface area contributed by atoms with Crippen LogP contribution in [-0.4, -0.2) is 51.9 Å². The first kappa shape index (κ1) is 32.0. The quantitative estimate of drug-likeness (QED) is 0.147. The minimum Gasteiger partial charge on any atom is -0.494 e. The molecular weight excluding hydrogens is 622 g/mol. The molecule has 0 spiro atoms. The van der Waals surface area contributed by atoms with Crippen molar-refractivity contribution in [3.8, 4) is 22.8 Å². The number of halogens is 5. The Morgan fingerprint density at radius 2 is 1.91 bits per heavy atom. The van der Waals surface area contributed by atoms with Crippen molar-refractivity contribution in [3.05, 3.63) is 70.0 Å². The van der Waals surface area contributed by atoms with Crippen molar-refractivity contribution >= 4 is 34.3 Å². The third-order valence-electron chi connectivity index (χ3n) is 7.46. The van der Waals surface area contributed by atoms with Crippen LogP contribution in [0.15, 0.2) is 36.5 Å². The lowest BCUT2D eigenvalue weighted by molar-refractivity contribution is -0.117. The molecule has 2 aromatic carbocycles. The summed E-state index contributed by atoms with van der Waals surface area (Å²) < 4.78 is 66.2. The van der Waals surface area contributed by atoms with Gasteiger partial charge in [0.15, 0.2) is 11.6 Å². The van der Waals surface area contributed by atoms with Gasteiger partial charge >= 0.3 is 6.55 Å². The van der Waals surface area contributed by atoms with Crippen molar-refractivity contribution in [2.75, 3.05) is 20.3 Å². The molecule has 1 saturated carbocycles. The van der Waals surface area contributed by atoms with Crippen LogP contribution in [-0.2, 0) is 16.8 Å². The number of alkyl halides is 2. The Morgan fingerprint density at radius 3 is 2.53 bits per heavy atom. The fraction of sp³-hybridized carbons (Fsp3) is 0.333. The molecule has 2 amide bonds. The average Bonchev–Trinajstić information content (AvgIpc) is 3.76. The number of nitrogens with zero attached hydrogens (tertiary/aromatic N) is 3. The van der Waals surface area contributed by atoms with Gasteiger partial charge in [-0.25, -0.2) is 18.4 Å². The van der Waals surface area contributed by atoms with E-state index >= 15 is 0 Å². The fourth-order valence-electron chi connectivity index (χ4n) is 5.15. The third kappa shape index (κ3) is 6.38. The molecule has 2 heterocycles. The second-order valence-corrected chi connectivity index (χ2v) is 11.0. The lowest BCUT2D eigenvalue weighted by Gasteiger charge is -2.30. The van der Waals surface area contributed by atoms with Crippen molar-refractivity contribution in [1.82, 2.24) is 20.1 Å². The minimum atomic E-state index is -2.90. The Morgan fingerprint density at radius 1 is 1.20 bits per heavy atom. The smallest absolute Gasteiger partial charge is 0.333 e. The van der Waals surface area contributed by atoms with Crippen molar-refractivity contribution in [2.45, 2.75) is 38.3 Å². The number of hydrogen-bond acceptors (Lipinski definition) is 7. The molecule has 1 aliphatic carbocycles. The number of fused-ring (bicyclic) bond motifs is 1.